The van der Waals surface area contributed by atoms with Gasteiger partial charge in [-0.1, -0.05) is 31.4 Å². The van der Waals surface area contributed by atoms with Gasteiger partial charge in [0.25, 0.3) is 0 Å². The summed E-state index contributed by atoms with van der Waals surface area (Å²) in [6.07, 6.45) is 5.57. The molecule has 1 aromatic rings. The number of nitrogens with zero attached hydrogens (tertiary/aromatic N) is 2. The Morgan fingerprint density at radius 3 is 2.48 bits per heavy atom. The Kier molecular flexibility index (Phi) is 11.5. The van der Waals surface area contributed by atoms with E-state index in [1.54, 1.807) is 12.1 Å². The van der Waals surface area contributed by atoms with Gasteiger partial charge < -0.3 is 20.5 Å². The molecule has 1 saturated carbocycles. The summed E-state index contributed by atoms with van der Waals surface area (Å²) in [6.45, 7) is 8.65. The lowest BCUT2D eigenvalue weighted by Gasteiger charge is -2.41. The van der Waals surface area contributed by atoms with Crippen molar-refractivity contribution in [2.24, 2.45) is 10.4 Å². The minimum absolute atomic E-state index is 0. The molecule has 8 heteroatoms. The van der Waals surface area contributed by atoms with Crippen LogP contribution in [0.2, 0.25) is 0 Å². The predicted molar refractivity (Wildman–Crippen MR) is 134 cm³/mol. The minimum atomic E-state index is -0.716. The van der Waals surface area contributed by atoms with Gasteiger partial charge in [-0.15, -0.1) is 24.0 Å². The van der Waals surface area contributed by atoms with Crippen molar-refractivity contribution in [3.8, 4) is 0 Å². The molecule has 3 N–H and O–H groups in total. The summed E-state index contributed by atoms with van der Waals surface area (Å²) in [5, 5.41) is 17.0. The van der Waals surface area contributed by atoms with Gasteiger partial charge in [0.05, 0.1) is 19.3 Å². The van der Waals surface area contributed by atoms with Crippen LogP contribution in [0.5, 0.6) is 0 Å². The normalized spacial score (nSPS) is 20.5. The number of nitrogens with one attached hydrogen (secondary N) is 2. The second-order valence-electron chi connectivity index (χ2n) is 8.59. The van der Waals surface area contributed by atoms with Crippen molar-refractivity contribution in [2.75, 3.05) is 52.5 Å². The molecule has 0 radical (unpaired) electrons. The number of aliphatic imine (C=N–C) groups is 1. The molecular weight excluding hydrogens is 510 g/mol. The zero-order chi connectivity index (χ0) is 21.2. The fourth-order valence-electron chi connectivity index (χ4n) is 4.49. The number of aliphatic hydroxyl groups is 1. The van der Waals surface area contributed by atoms with Gasteiger partial charge in [-0.25, -0.2) is 4.39 Å². The van der Waals surface area contributed by atoms with E-state index in [9.17, 15) is 9.50 Å². The number of benzene rings is 1. The Morgan fingerprint density at radius 1 is 1.16 bits per heavy atom. The summed E-state index contributed by atoms with van der Waals surface area (Å²) in [5.74, 6) is 0.428. The molecule has 0 amide bonds. The highest BCUT2D eigenvalue weighted by molar-refractivity contribution is 14.0. The molecule has 176 valence electrons. The molecule has 0 aromatic heterocycles. The number of morpholine rings is 1. The van der Waals surface area contributed by atoms with Crippen LogP contribution in [-0.4, -0.2) is 68.4 Å². The number of hydrogen-bond donors (Lipinski definition) is 3. The first-order valence-electron chi connectivity index (χ1n) is 11.4. The maximum absolute atomic E-state index is 13.1. The minimum Gasteiger partial charge on any atom is -0.387 e. The quantitative estimate of drug-likeness (QED) is 0.264. The Morgan fingerprint density at radius 2 is 1.84 bits per heavy atom. The van der Waals surface area contributed by atoms with Crippen molar-refractivity contribution in [3.05, 3.63) is 35.6 Å². The van der Waals surface area contributed by atoms with E-state index in [0.717, 1.165) is 51.9 Å². The standard InChI is InChI=1S/C23H37FN4O2.HI/c1-2-25-22(26-16-21(29)19-6-8-20(24)9-7-19)27-17-23(10-4-3-5-11-23)18-28-12-14-30-15-13-28;/h6-9,21,29H,2-5,10-18H2,1H3,(H2,25,26,27);1H. The third kappa shape index (κ3) is 8.47. The number of ether oxygens (including phenoxy) is 1. The number of aliphatic hydroxyl groups excluding tert-OH is 1. The smallest absolute Gasteiger partial charge is 0.191 e. The van der Waals surface area contributed by atoms with Crippen molar-refractivity contribution in [1.82, 2.24) is 15.5 Å². The molecule has 0 spiro atoms. The Hall–Kier alpha value is -0.970. The van der Waals surface area contributed by atoms with Gasteiger partial charge in [0.1, 0.15) is 5.82 Å². The topological polar surface area (TPSA) is 69.1 Å². The van der Waals surface area contributed by atoms with Crippen molar-refractivity contribution in [2.45, 2.75) is 45.1 Å². The lowest BCUT2D eigenvalue weighted by atomic mass is 9.73. The summed E-state index contributed by atoms with van der Waals surface area (Å²) in [6, 6.07) is 5.98. The van der Waals surface area contributed by atoms with E-state index < -0.39 is 6.10 Å². The van der Waals surface area contributed by atoms with Crippen LogP contribution in [0.25, 0.3) is 0 Å². The monoisotopic (exact) mass is 548 g/mol. The average Bonchev–Trinajstić information content (AvgIpc) is 2.77. The largest absolute Gasteiger partial charge is 0.387 e. The van der Waals surface area contributed by atoms with Crippen LogP contribution < -0.4 is 10.6 Å². The van der Waals surface area contributed by atoms with E-state index in [4.69, 9.17) is 9.73 Å². The lowest BCUT2D eigenvalue weighted by molar-refractivity contribution is 0.00937. The van der Waals surface area contributed by atoms with Crippen molar-refractivity contribution >= 4 is 29.9 Å². The summed E-state index contributed by atoms with van der Waals surface area (Å²) in [7, 11) is 0. The highest BCUT2D eigenvalue weighted by Gasteiger charge is 2.34. The fourth-order valence-corrected chi connectivity index (χ4v) is 4.49. The number of halogens is 2. The molecule has 2 aliphatic rings. The molecule has 1 atom stereocenters. The number of rotatable bonds is 8. The van der Waals surface area contributed by atoms with Crippen LogP contribution in [0, 0.1) is 11.2 Å². The first-order valence-corrected chi connectivity index (χ1v) is 11.4. The van der Waals surface area contributed by atoms with Crippen molar-refractivity contribution in [1.29, 1.82) is 0 Å². The Labute approximate surface area is 203 Å². The summed E-state index contributed by atoms with van der Waals surface area (Å²) in [4.78, 5) is 7.45. The second-order valence-corrected chi connectivity index (χ2v) is 8.59. The maximum atomic E-state index is 13.1. The molecule has 1 saturated heterocycles. The van der Waals surface area contributed by atoms with E-state index in [-0.39, 0.29) is 35.2 Å². The van der Waals surface area contributed by atoms with E-state index in [1.165, 1.54) is 44.2 Å². The molecular formula is C23H38FIN4O2. The van der Waals surface area contributed by atoms with Crippen molar-refractivity contribution in [3.63, 3.8) is 0 Å². The molecule has 1 aliphatic carbocycles. The average molecular weight is 548 g/mol. The molecule has 0 bridgehead atoms. The summed E-state index contributed by atoms with van der Waals surface area (Å²) >= 11 is 0. The highest BCUT2D eigenvalue weighted by Crippen LogP contribution is 2.37. The zero-order valence-electron chi connectivity index (χ0n) is 18.6. The number of hydrogen-bond acceptors (Lipinski definition) is 4. The first-order chi connectivity index (χ1) is 14.6. The van der Waals surface area contributed by atoms with Gasteiger partial charge in [0.2, 0.25) is 0 Å². The van der Waals surface area contributed by atoms with Gasteiger partial charge in [0.15, 0.2) is 5.96 Å². The molecule has 1 unspecified atom stereocenters. The van der Waals surface area contributed by atoms with Crippen LogP contribution in [0.1, 0.15) is 50.7 Å². The van der Waals surface area contributed by atoms with Gasteiger partial charge in [-0.2, -0.15) is 0 Å². The molecule has 31 heavy (non-hydrogen) atoms. The van der Waals surface area contributed by atoms with E-state index in [0.29, 0.717) is 12.1 Å². The lowest BCUT2D eigenvalue weighted by Crippen LogP contribution is -2.47. The summed E-state index contributed by atoms with van der Waals surface area (Å²) < 4.78 is 18.6. The fraction of sp³-hybridized carbons (Fsp3) is 0.696. The SMILES string of the molecule is CCNC(=NCC1(CN2CCOCC2)CCCCC1)NCC(O)c1ccc(F)cc1.I. The van der Waals surface area contributed by atoms with E-state index in [2.05, 4.69) is 15.5 Å². The molecule has 6 nitrogen and oxygen atoms in total. The zero-order valence-corrected chi connectivity index (χ0v) is 20.9. The highest BCUT2D eigenvalue weighted by atomic mass is 127. The van der Waals surface area contributed by atoms with Gasteiger partial charge >= 0.3 is 0 Å². The Bertz CT molecular complexity index is 662. The molecule has 1 heterocycles. The van der Waals surface area contributed by atoms with E-state index >= 15 is 0 Å². The van der Waals surface area contributed by atoms with Gasteiger partial charge in [-0.05, 0) is 37.5 Å². The van der Waals surface area contributed by atoms with Crippen molar-refractivity contribution < 1.29 is 14.2 Å². The first kappa shape index (κ1) is 26.3. The van der Waals surface area contributed by atoms with Crippen LogP contribution in [-0.2, 0) is 4.74 Å². The van der Waals surface area contributed by atoms with Crippen LogP contribution in [0.15, 0.2) is 29.3 Å². The Balaban J connectivity index is 0.00000341. The van der Waals surface area contributed by atoms with Crippen LogP contribution >= 0.6 is 24.0 Å². The third-order valence-electron chi connectivity index (χ3n) is 6.21. The van der Waals surface area contributed by atoms with Gasteiger partial charge in [0, 0.05) is 44.7 Å². The predicted octanol–water partition coefficient (Wildman–Crippen LogP) is 3.31. The van der Waals surface area contributed by atoms with Gasteiger partial charge in [-0.3, -0.25) is 9.89 Å². The number of guanidine groups is 1. The second kappa shape index (κ2) is 13.5. The molecule has 1 aromatic carbocycles. The maximum Gasteiger partial charge on any atom is 0.191 e. The van der Waals surface area contributed by atoms with Crippen LogP contribution in [0.3, 0.4) is 0 Å². The summed E-state index contributed by atoms with van der Waals surface area (Å²) in [5.41, 5.74) is 0.906. The van der Waals surface area contributed by atoms with Crippen LogP contribution in [0.4, 0.5) is 4.39 Å². The molecule has 2 fully saturated rings. The molecule has 1 aliphatic heterocycles. The molecule has 3 rings (SSSR count). The van der Waals surface area contributed by atoms with E-state index in [1.807, 2.05) is 6.92 Å². The third-order valence-corrected chi connectivity index (χ3v) is 6.21.